The molecule has 2 rings (SSSR count). The van der Waals surface area contributed by atoms with Gasteiger partial charge >= 0.3 is 0 Å². The van der Waals surface area contributed by atoms with Crippen molar-refractivity contribution in [1.82, 2.24) is 13.9 Å². The fourth-order valence-corrected chi connectivity index (χ4v) is 4.40. The fourth-order valence-electron chi connectivity index (χ4n) is 2.81. The predicted octanol–water partition coefficient (Wildman–Crippen LogP) is 1.65. The highest BCUT2D eigenvalue weighted by atomic mass is 32.2. The quantitative estimate of drug-likeness (QED) is 0.845. The molecule has 0 unspecified atom stereocenters. The van der Waals surface area contributed by atoms with Gasteiger partial charge in [0.1, 0.15) is 5.82 Å². The minimum atomic E-state index is -3.08. The molecule has 0 N–H and O–H groups in total. The summed E-state index contributed by atoms with van der Waals surface area (Å²) in [5, 5.41) is 0. The lowest BCUT2D eigenvalue weighted by Crippen LogP contribution is -2.40. The van der Waals surface area contributed by atoms with Crippen LogP contribution in [0.4, 0.5) is 0 Å². The van der Waals surface area contributed by atoms with Crippen molar-refractivity contribution in [3.05, 3.63) is 17.7 Å². The lowest BCUT2D eigenvalue weighted by atomic mass is 9.99. The van der Waals surface area contributed by atoms with Crippen LogP contribution in [0.5, 0.6) is 0 Å². The number of nitrogens with zero attached hydrogens (tertiary/aromatic N) is 3. The number of rotatable bonds is 4. The molecule has 1 fully saturated rings. The van der Waals surface area contributed by atoms with Gasteiger partial charge in [-0.2, -0.15) is 0 Å². The van der Waals surface area contributed by atoms with Gasteiger partial charge in [-0.25, -0.2) is 17.7 Å². The third-order valence-electron chi connectivity index (χ3n) is 3.64. The van der Waals surface area contributed by atoms with Gasteiger partial charge in [0.15, 0.2) is 0 Å². The van der Waals surface area contributed by atoms with Gasteiger partial charge in [-0.15, -0.1) is 0 Å². The van der Waals surface area contributed by atoms with Gasteiger partial charge in [0.25, 0.3) is 0 Å². The Morgan fingerprint density at radius 3 is 2.79 bits per heavy atom. The molecule has 19 heavy (non-hydrogen) atoms. The molecule has 1 saturated heterocycles. The minimum absolute atomic E-state index is 0.221. The summed E-state index contributed by atoms with van der Waals surface area (Å²) in [5.74, 6) is 1.48. The van der Waals surface area contributed by atoms with E-state index in [4.69, 9.17) is 0 Å². The highest BCUT2D eigenvalue weighted by molar-refractivity contribution is 7.89. The normalized spacial score (nSPS) is 21.7. The standard InChI is InChI=1S/C13H23N3O2S/c1-4-8-19(17,18)16-7-5-6-12(10-16)13-14-11(2)9-15(13)3/h9,12H,4-8,10H2,1-3H3/t12-/m1/s1. The number of sulfonamides is 1. The molecule has 2 heterocycles. The molecule has 1 aliphatic rings. The van der Waals surface area contributed by atoms with Crippen molar-refractivity contribution in [2.24, 2.45) is 7.05 Å². The summed E-state index contributed by atoms with van der Waals surface area (Å²) in [5.41, 5.74) is 0.992. The summed E-state index contributed by atoms with van der Waals surface area (Å²) < 4.78 is 28.0. The molecule has 5 nitrogen and oxygen atoms in total. The summed E-state index contributed by atoms with van der Waals surface area (Å²) in [4.78, 5) is 4.54. The van der Waals surface area contributed by atoms with Gasteiger partial charge in [-0.3, -0.25) is 0 Å². The zero-order valence-corrected chi connectivity index (χ0v) is 12.8. The fraction of sp³-hybridized carbons (Fsp3) is 0.769. The summed E-state index contributed by atoms with van der Waals surface area (Å²) >= 11 is 0. The van der Waals surface area contributed by atoms with Crippen molar-refractivity contribution in [3.63, 3.8) is 0 Å². The van der Waals surface area contributed by atoms with E-state index in [-0.39, 0.29) is 11.7 Å². The Hall–Kier alpha value is -0.880. The van der Waals surface area contributed by atoms with E-state index in [0.717, 1.165) is 24.4 Å². The Morgan fingerprint density at radius 2 is 2.21 bits per heavy atom. The SMILES string of the molecule is CCCS(=O)(=O)N1CCC[C@@H](c2nc(C)cn2C)C1. The largest absolute Gasteiger partial charge is 0.337 e. The lowest BCUT2D eigenvalue weighted by Gasteiger charge is -2.31. The number of hydrogen-bond acceptors (Lipinski definition) is 3. The zero-order chi connectivity index (χ0) is 14.0. The molecule has 0 saturated carbocycles. The van der Waals surface area contributed by atoms with Crippen LogP contribution in [0.3, 0.4) is 0 Å². The Bertz CT molecular complexity index is 536. The number of hydrogen-bond donors (Lipinski definition) is 0. The van der Waals surface area contributed by atoms with E-state index in [1.54, 1.807) is 4.31 Å². The Kier molecular flexibility index (Phi) is 4.30. The Morgan fingerprint density at radius 1 is 1.47 bits per heavy atom. The minimum Gasteiger partial charge on any atom is -0.337 e. The lowest BCUT2D eigenvalue weighted by molar-refractivity contribution is 0.306. The first-order valence-electron chi connectivity index (χ1n) is 6.91. The monoisotopic (exact) mass is 285 g/mol. The molecule has 1 aliphatic heterocycles. The molecule has 0 bridgehead atoms. The molecular weight excluding hydrogens is 262 g/mol. The molecule has 1 atom stereocenters. The van der Waals surface area contributed by atoms with Crippen molar-refractivity contribution in [2.45, 2.75) is 39.0 Å². The summed E-state index contributed by atoms with van der Waals surface area (Å²) in [6.45, 7) is 5.11. The molecule has 1 aromatic rings. The maximum atomic E-state index is 12.2. The first-order valence-corrected chi connectivity index (χ1v) is 8.52. The van der Waals surface area contributed by atoms with Gasteiger partial charge < -0.3 is 4.57 Å². The number of piperidine rings is 1. The van der Waals surface area contributed by atoms with Crippen molar-refractivity contribution in [3.8, 4) is 0 Å². The highest BCUT2D eigenvalue weighted by Crippen LogP contribution is 2.27. The van der Waals surface area contributed by atoms with E-state index < -0.39 is 10.0 Å². The van der Waals surface area contributed by atoms with Gasteiger partial charge in [0.05, 0.1) is 11.4 Å². The maximum Gasteiger partial charge on any atom is 0.214 e. The van der Waals surface area contributed by atoms with Crippen LogP contribution in [0, 0.1) is 6.92 Å². The van der Waals surface area contributed by atoms with Crippen LogP contribution in [0.15, 0.2) is 6.20 Å². The third kappa shape index (κ3) is 3.17. The predicted molar refractivity (Wildman–Crippen MR) is 75.6 cm³/mol. The molecule has 0 radical (unpaired) electrons. The third-order valence-corrected chi connectivity index (χ3v) is 5.68. The smallest absolute Gasteiger partial charge is 0.214 e. The van der Waals surface area contributed by atoms with E-state index in [1.165, 1.54) is 0 Å². The van der Waals surface area contributed by atoms with Crippen LogP contribution >= 0.6 is 0 Å². The molecule has 1 aromatic heterocycles. The second kappa shape index (κ2) is 5.63. The summed E-state index contributed by atoms with van der Waals surface area (Å²) in [7, 11) is -1.10. The number of aryl methyl sites for hydroxylation is 2. The Balaban J connectivity index is 2.16. The molecular formula is C13H23N3O2S. The molecule has 0 amide bonds. The van der Waals surface area contributed by atoms with E-state index >= 15 is 0 Å². The molecule has 0 aromatic carbocycles. The highest BCUT2D eigenvalue weighted by Gasteiger charge is 2.30. The van der Waals surface area contributed by atoms with Gasteiger partial charge in [-0.05, 0) is 26.2 Å². The zero-order valence-electron chi connectivity index (χ0n) is 12.0. The van der Waals surface area contributed by atoms with Crippen LogP contribution in [0.2, 0.25) is 0 Å². The van der Waals surface area contributed by atoms with Crippen molar-refractivity contribution < 1.29 is 8.42 Å². The Labute approximate surface area is 115 Å². The average molecular weight is 285 g/mol. The van der Waals surface area contributed by atoms with Crippen LogP contribution in [0.1, 0.15) is 43.6 Å². The second-order valence-electron chi connectivity index (χ2n) is 5.36. The van der Waals surface area contributed by atoms with Crippen LogP contribution in [-0.4, -0.2) is 41.1 Å². The molecule has 108 valence electrons. The molecule has 0 spiro atoms. The van der Waals surface area contributed by atoms with Gasteiger partial charge in [0.2, 0.25) is 10.0 Å². The second-order valence-corrected chi connectivity index (χ2v) is 7.45. The molecule has 0 aliphatic carbocycles. The van der Waals surface area contributed by atoms with Crippen molar-refractivity contribution in [1.29, 1.82) is 0 Å². The van der Waals surface area contributed by atoms with E-state index in [0.29, 0.717) is 19.5 Å². The van der Waals surface area contributed by atoms with Gasteiger partial charge in [0, 0.05) is 32.3 Å². The first kappa shape index (κ1) is 14.5. The van der Waals surface area contributed by atoms with Crippen molar-refractivity contribution in [2.75, 3.05) is 18.8 Å². The van der Waals surface area contributed by atoms with Gasteiger partial charge in [-0.1, -0.05) is 6.92 Å². The first-order chi connectivity index (χ1) is 8.94. The molecule has 6 heteroatoms. The summed E-state index contributed by atoms with van der Waals surface area (Å²) in [6, 6.07) is 0. The van der Waals surface area contributed by atoms with Crippen LogP contribution < -0.4 is 0 Å². The van der Waals surface area contributed by atoms with Crippen LogP contribution in [0.25, 0.3) is 0 Å². The van der Waals surface area contributed by atoms with Crippen LogP contribution in [-0.2, 0) is 17.1 Å². The van der Waals surface area contributed by atoms with E-state index in [1.807, 2.05) is 31.7 Å². The number of aromatic nitrogens is 2. The van der Waals surface area contributed by atoms with E-state index in [2.05, 4.69) is 4.98 Å². The number of imidazole rings is 1. The van der Waals surface area contributed by atoms with Crippen molar-refractivity contribution >= 4 is 10.0 Å². The maximum absolute atomic E-state index is 12.2. The summed E-state index contributed by atoms with van der Waals surface area (Å²) in [6.07, 6.45) is 4.60. The average Bonchev–Trinajstić information content (AvgIpc) is 2.69. The van der Waals surface area contributed by atoms with E-state index in [9.17, 15) is 8.42 Å². The topological polar surface area (TPSA) is 55.2 Å².